The number of pyridine rings is 1. The Labute approximate surface area is 192 Å². The number of rotatable bonds is 4. The lowest BCUT2D eigenvalue weighted by molar-refractivity contribution is -0.135. The first-order valence-corrected chi connectivity index (χ1v) is 11.1. The summed E-state index contributed by atoms with van der Waals surface area (Å²) in [7, 11) is 0. The summed E-state index contributed by atoms with van der Waals surface area (Å²) in [5, 5.41) is 0.706. The van der Waals surface area contributed by atoms with Crippen molar-refractivity contribution in [3.05, 3.63) is 101 Å². The summed E-state index contributed by atoms with van der Waals surface area (Å²) in [6.45, 7) is 2.92. The summed E-state index contributed by atoms with van der Waals surface area (Å²) < 4.78 is 5.49. The third kappa shape index (κ3) is 4.35. The molecule has 0 saturated heterocycles. The van der Waals surface area contributed by atoms with Gasteiger partial charge >= 0.3 is 5.97 Å². The Morgan fingerprint density at radius 3 is 2.48 bits per heavy atom. The molecule has 0 atom stereocenters. The molecule has 1 aromatic heterocycles. The van der Waals surface area contributed by atoms with Gasteiger partial charge in [0.25, 0.3) is 5.91 Å². The number of esters is 1. The number of carbonyl (C=O) groups is 2. The van der Waals surface area contributed by atoms with Crippen LogP contribution in [-0.2, 0) is 22.5 Å². The number of hydrogen-bond donors (Lipinski definition) is 0. The smallest absolute Gasteiger partial charge is 0.339 e. The Hall–Kier alpha value is -3.99. The fraction of sp³-hybridized carbons (Fsp3) is 0.179. The molecule has 0 spiro atoms. The summed E-state index contributed by atoms with van der Waals surface area (Å²) in [4.78, 5) is 32.3. The Morgan fingerprint density at radius 1 is 0.939 bits per heavy atom. The zero-order chi connectivity index (χ0) is 22.8. The van der Waals surface area contributed by atoms with Gasteiger partial charge in [-0.05, 0) is 36.6 Å². The largest absolute Gasteiger partial charge is 0.452 e. The van der Waals surface area contributed by atoms with E-state index in [2.05, 4.69) is 6.07 Å². The second kappa shape index (κ2) is 8.87. The van der Waals surface area contributed by atoms with E-state index in [9.17, 15) is 9.59 Å². The van der Waals surface area contributed by atoms with Gasteiger partial charge < -0.3 is 9.64 Å². The van der Waals surface area contributed by atoms with Gasteiger partial charge in [-0.1, -0.05) is 72.3 Å². The first-order chi connectivity index (χ1) is 16.1. The molecule has 1 amide bonds. The van der Waals surface area contributed by atoms with E-state index in [0.29, 0.717) is 35.2 Å². The molecular weight excluding hydrogens is 412 g/mol. The Balaban J connectivity index is 1.36. The molecule has 0 fully saturated rings. The van der Waals surface area contributed by atoms with E-state index in [1.807, 2.05) is 73.7 Å². The summed E-state index contributed by atoms with van der Waals surface area (Å²) in [5.41, 5.74) is 6.30. The van der Waals surface area contributed by atoms with Crippen LogP contribution in [0.3, 0.4) is 0 Å². The molecule has 1 aliphatic rings. The quantitative estimate of drug-likeness (QED) is 0.425. The highest BCUT2D eigenvalue weighted by Gasteiger charge is 2.22. The Kier molecular flexibility index (Phi) is 5.61. The molecule has 33 heavy (non-hydrogen) atoms. The third-order valence-electron chi connectivity index (χ3n) is 6.09. The number of hydrogen-bond acceptors (Lipinski definition) is 4. The molecule has 0 radical (unpaired) electrons. The monoisotopic (exact) mass is 436 g/mol. The Bertz CT molecular complexity index is 1350. The fourth-order valence-electron chi connectivity index (χ4n) is 4.22. The van der Waals surface area contributed by atoms with Crippen LogP contribution in [-0.4, -0.2) is 34.9 Å². The number of benzene rings is 3. The van der Waals surface area contributed by atoms with Gasteiger partial charge in [-0.15, -0.1) is 0 Å². The number of aromatic nitrogens is 1. The number of fused-ring (bicyclic) bond motifs is 2. The minimum atomic E-state index is -0.521. The van der Waals surface area contributed by atoms with Gasteiger partial charge in [0.05, 0.1) is 16.8 Å². The maximum absolute atomic E-state index is 13.1. The molecule has 5 rings (SSSR count). The van der Waals surface area contributed by atoms with E-state index in [4.69, 9.17) is 9.72 Å². The molecule has 0 bridgehead atoms. The van der Waals surface area contributed by atoms with Gasteiger partial charge in [-0.3, -0.25) is 4.79 Å². The molecule has 0 aliphatic carbocycles. The predicted molar refractivity (Wildman–Crippen MR) is 128 cm³/mol. The van der Waals surface area contributed by atoms with Crippen molar-refractivity contribution in [1.29, 1.82) is 0 Å². The van der Waals surface area contributed by atoms with Gasteiger partial charge in [0.15, 0.2) is 6.61 Å². The number of para-hydroxylation sites is 1. The normalized spacial score (nSPS) is 12.9. The average molecular weight is 437 g/mol. The van der Waals surface area contributed by atoms with E-state index < -0.39 is 5.97 Å². The van der Waals surface area contributed by atoms with Crippen LogP contribution in [0.1, 0.15) is 27.0 Å². The SMILES string of the molecule is Cc1ccc(-c2cc(C(=O)OCC(=O)N3CCc4ccccc4C3)c3ccccc3n2)cc1. The van der Waals surface area contributed by atoms with Crippen LogP contribution in [0.25, 0.3) is 22.2 Å². The standard InChI is InChI=1S/C28H24N2O3/c1-19-10-12-21(13-11-19)26-16-24(23-8-4-5-9-25(23)29-26)28(32)33-18-27(31)30-15-14-20-6-2-3-7-22(20)17-30/h2-13,16H,14-15,17-18H2,1H3. The molecule has 0 unspecified atom stereocenters. The van der Waals surface area contributed by atoms with Crippen molar-refractivity contribution in [2.45, 2.75) is 19.9 Å². The number of nitrogens with zero attached hydrogens (tertiary/aromatic N) is 2. The van der Waals surface area contributed by atoms with Crippen molar-refractivity contribution in [2.75, 3.05) is 13.2 Å². The lowest BCUT2D eigenvalue weighted by atomic mass is 10.00. The first-order valence-electron chi connectivity index (χ1n) is 11.1. The maximum atomic E-state index is 13.1. The van der Waals surface area contributed by atoms with Gasteiger partial charge in [-0.2, -0.15) is 0 Å². The third-order valence-corrected chi connectivity index (χ3v) is 6.09. The van der Waals surface area contributed by atoms with Crippen molar-refractivity contribution in [2.24, 2.45) is 0 Å². The molecule has 5 heteroatoms. The molecule has 0 N–H and O–H groups in total. The van der Waals surface area contributed by atoms with Crippen LogP contribution in [0.4, 0.5) is 0 Å². The van der Waals surface area contributed by atoms with E-state index in [1.165, 1.54) is 5.56 Å². The molecule has 3 aromatic carbocycles. The van der Waals surface area contributed by atoms with Gasteiger partial charge in [0, 0.05) is 24.0 Å². The van der Waals surface area contributed by atoms with Crippen LogP contribution < -0.4 is 0 Å². The van der Waals surface area contributed by atoms with Crippen molar-refractivity contribution >= 4 is 22.8 Å². The predicted octanol–water partition coefficient (Wildman–Crippen LogP) is 4.95. The molecule has 5 nitrogen and oxygen atoms in total. The maximum Gasteiger partial charge on any atom is 0.339 e. The summed E-state index contributed by atoms with van der Waals surface area (Å²) in [6.07, 6.45) is 0.810. The minimum absolute atomic E-state index is 0.185. The van der Waals surface area contributed by atoms with E-state index in [1.54, 1.807) is 11.0 Å². The van der Waals surface area contributed by atoms with Crippen LogP contribution in [0.15, 0.2) is 78.9 Å². The number of ether oxygens (including phenoxy) is 1. The zero-order valence-corrected chi connectivity index (χ0v) is 18.5. The van der Waals surface area contributed by atoms with E-state index in [0.717, 1.165) is 23.1 Å². The van der Waals surface area contributed by atoms with Crippen molar-refractivity contribution < 1.29 is 14.3 Å². The lowest BCUT2D eigenvalue weighted by Gasteiger charge is -2.28. The second-order valence-electron chi connectivity index (χ2n) is 8.35. The number of carbonyl (C=O) groups excluding carboxylic acids is 2. The lowest BCUT2D eigenvalue weighted by Crippen LogP contribution is -2.38. The first kappa shape index (κ1) is 20.9. The van der Waals surface area contributed by atoms with Gasteiger partial charge in [0.2, 0.25) is 0 Å². The molecule has 0 saturated carbocycles. The van der Waals surface area contributed by atoms with Crippen LogP contribution in [0, 0.1) is 6.92 Å². The van der Waals surface area contributed by atoms with Crippen molar-refractivity contribution in [3.8, 4) is 11.3 Å². The van der Waals surface area contributed by atoms with Crippen LogP contribution >= 0.6 is 0 Å². The topological polar surface area (TPSA) is 59.5 Å². The zero-order valence-electron chi connectivity index (χ0n) is 18.5. The van der Waals surface area contributed by atoms with Gasteiger partial charge in [0.1, 0.15) is 0 Å². The summed E-state index contributed by atoms with van der Waals surface area (Å²) >= 11 is 0. The highest BCUT2D eigenvalue weighted by Crippen LogP contribution is 2.26. The van der Waals surface area contributed by atoms with E-state index >= 15 is 0 Å². The van der Waals surface area contributed by atoms with Crippen molar-refractivity contribution in [3.63, 3.8) is 0 Å². The number of aryl methyl sites for hydroxylation is 1. The van der Waals surface area contributed by atoms with E-state index in [-0.39, 0.29) is 12.5 Å². The van der Waals surface area contributed by atoms with Crippen molar-refractivity contribution in [1.82, 2.24) is 9.88 Å². The summed E-state index contributed by atoms with van der Waals surface area (Å²) in [5.74, 6) is -0.706. The molecule has 1 aliphatic heterocycles. The minimum Gasteiger partial charge on any atom is -0.452 e. The Morgan fingerprint density at radius 2 is 1.67 bits per heavy atom. The molecule has 2 heterocycles. The highest BCUT2D eigenvalue weighted by atomic mass is 16.5. The van der Waals surface area contributed by atoms with Gasteiger partial charge in [-0.25, -0.2) is 9.78 Å². The highest BCUT2D eigenvalue weighted by molar-refractivity contribution is 6.05. The summed E-state index contributed by atoms with van der Waals surface area (Å²) in [6, 6.07) is 25.3. The number of amides is 1. The van der Waals surface area contributed by atoms with Crippen LogP contribution in [0.5, 0.6) is 0 Å². The average Bonchev–Trinajstić information content (AvgIpc) is 2.86. The molecular formula is C28H24N2O3. The molecule has 4 aromatic rings. The second-order valence-corrected chi connectivity index (χ2v) is 8.35. The molecule has 164 valence electrons. The fourth-order valence-corrected chi connectivity index (χ4v) is 4.22. The van der Waals surface area contributed by atoms with Crippen LogP contribution in [0.2, 0.25) is 0 Å².